The van der Waals surface area contributed by atoms with Crippen molar-refractivity contribution in [1.29, 1.82) is 0 Å². The molecule has 1 amide bonds. The second-order valence-electron chi connectivity index (χ2n) is 7.15. The van der Waals surface area contributed by atoms with Crippen LogP contribution in [0.5, 0.6) is 0 Å². The van der Waals surface area contributed by atoms with E-state index in [4.69, 9.17) is 0 Å². The number of aromatic nitrogens is 1. The molecule has 1 aliphatic heterocycles. The highest BCUT2D eigenvalue weighted by molar-refractivity contribution is 7.18. The average molecular weight is 381 g/mol. The third-order valence-electron chi connectivity index (χ3n) is 5.37. The molecule has 140 valence electrons. The smallest absolute Gasteiger partial charge is 0.222 e. The van der Waals surface area contributed by atoms with E-state index < -0.39 is 6.10 Å². The topological polar surface area (TPSA) is 53.4 Å². The van der Waals surface area contributed by atoms with Gasteiger partial charge in [0, 0.05) is 25.9 Å². The van der Waals surface area contributed by atoms with Crippen LogP contribution in [-0.4, -0.2) is 34.0 Å². The lowest BCUT2D eigenvalue weighted by atomic mass is 9.87. The SMILES string of the molecule is O=C(CCc1nc2ccccc2s1)N1CCC([C@@H](O)c2ccccc2)CC1. The fraction of sp³-hybridized carbons (Fsp3) is 0.364. The maximum Gasteiger partial charge on any atom is 0.222 e. The van der Waals surface area contributed by atoms with Crippen LogP contribution in [0.25, 0.3) is 10.2 Å². The number of aliphatic hydroxyl groups excluding tert-OH is 1. The molecule has 0 bridgehead atoms. The summed E-state index contributed by atoms with van der Waals surface area (Å²) in [5.41, 5.74) is 1.98. The summed E-state index contributed by atoms with van der Waals surface area (Å²) in [7, 11) is 0. The van der Waals surface area contributed by atoms with Crippen molar-refractivity contribution >= 4 is 27.5 Å². The zero-order valence-corrected chi connectivity index (χ0v) is 16.1. The number of fused-ring (bicyclic) bond motifs is 1. The highest BCUT2D eigenvalue weighted by Crippen LogP contribution is 2.31. The van der Waals surface area contributed by atoms with Gasteiger partial charge in [0.2, 0.25) is 5.91 Å². The third-order valence-corrected chi connectivity index (χ3v) is 6.47. The van der Waals surface area contributed by atoms with Crippen molar-refractivity contribution in [2.75, 3.05) is 13.1 Å². The number of nitrogens with zero attached hydrogens (tertiary/aromatic N) is 2. The van der Waals surface area contributed by atoms with Crippen molar-refractivity contribution in [2.45, 2.75) is 31.8 Å². The summed E-state index contributed by atoms with van der Waals surface area (Å²) >= 11 is 1.67. The molecule has 2 heterocycles. The van der Waals surface area contributed by atoms with Crippen LogP contribution in [0.4, 0.5) is 0 Å². The van der Waals surface area contributed by atoms with Gasteiger partial charge < -0.3 is 10.0 Å². The highest BCUT2D eigenvalue weighted by atomic mass is 32.1. The Kier molecular flexibility index (Phi) is 5.50. The lowest BCUT2D eigenvalue weighted by Crippen LogP contribution is -2.39. The minimum absolute atomic E-state index is 0.196. The Morgan fingerprint density at radius 3 is 2.56 bits per heavy atom. The Labute approximate surface area is 163 Å². The summed E-state index contributed by atoms with van der Waals surface area (Å²) in [6, 6.07) is 17.9. The van der Waals surface area contributed by atoms with Gasteiger partial charge in [0.05, 0.1) is 21.3 Å². The Hall–Kier alpha value is -2.24. The molecule has 1 atom stereocenters. The number of carbonyl (C=O) groups is 1. The van der Waals surface area contributed by atoms with Gasteiger partial charge in [-0.25, -0.2) is 4.98 Å². The Bertz CT molecular complexity index is 868. The number of amides is 1. The number of piperidine rings is 1. The number of aliphatic hydroxyl groups is 1. The summed E-state index contributed by atoms with van der Waals surface area (Å²) in [5.74, 6) is 0.419. The molecule has 0 unspecified atom stereocenters. The standard InChI is InChI=1S/C22H24N2O2S/c25-21(11-10-20-23-18-8-4-5-9-19(18)27-20)24-14-12-17(13-15-24)22(26)16-6-2-1-3-7-16/h1-9,17,22,26H,10-15H2/t22-/m0/s1. The third kappa shape index (κ3) is 4.20. The number of hydrogen-bond acceptors (Lipinski definition) is 4. The van der Waals surface area contributed by atoms with Gasteiger partial charge in [-0.2, -0.15) is 0 Å². The van der Waals surface area contributed by atoms with Crippen LogP contribution in [-0.2, 0) is 11.2 Å². The molecule has 2 aromatic carbocycles. The Morgan fingerprint density at radius 1 is 1.11 bits per heavy atom. The molecule has 1 saturated heterocycles. The number of carbonyl (C=O) groups excluding carboxylic acids is 1. The van der Waals surface area contributed by atoms with Gasteiger partial charge in [0.1, 0.15) is 0 Å². The largest absolute Gasteiger partial charge is 0.388 e. The van der Waals surface area contributed by atoms with E-state index in [0.29, 0.717) is 12.8 Å². The van der Waals surface area contributed by atoms with Crippen molar-refractivity contribution in [3.8, 4) is 0 Å². The average Bonchev–Trinajstić information content (AvgIpc) is 3.15. The molecule has 1 fully saturated rings. The van der Waals surface area contributed by atoms with Gasteiger partial charge in [-0.05, 0) is 36.5 Å². The second-order valence-corrected chi connectivity index (χ2v) is 8.26. The summed E-state index contributed by atoms with van der Waals surface area (Å²) in [4.78, 5) is 19.1. The van der Waals surface area contributed by atoms with Crippen molar-refractivity contribution in [3.63, 3.8) is 0 Å². The van der Waals surface area contributed by atoms with E-state index in [0.717, 1.165) is 42.0 Å². The maximum atomic E-state index is 12.6. The number of thiazole rings is 1. The number of rotatable bonds is 5. The first-order chi connectivity index (χ1) is 13.2. The summed E-state index contributed by atoms with van der Waals surface area (Å²) < 4.78 is 1.18. The molecule has 0 radical (unpaired) electrons. The fourth-order valence-electron chi connectivity index (χ4n) is 3.79. The van der Waals surface area contributed by atoms with E-state index in [2.05, 4.69) is 11.1 Å². The quantitative estimate of drug-likeness (QED) is 0.722. The monoisotopic (exact) mass is 380 g/mol. The van der Waals surface area contributed by atoms with E-state index >= 15 is 0 Å². The molecule has 0 saturated carbocycles. The van der Waals surface area contributed by atoms with Crippen LogP contribution in [0.1, 0.15) is 35.9 Å². The lowest BCUT2D eigenvalue weighted by molar-refractivity contribution is -0.133. The molecule has 1 aliphatic rings. The molecule has 4 nitrogen and oxygen atoms in total. The van der Waals surface area contributed by atoms with Crippen molar-refractivity contribution in [1.82, 2.24) is 9.88 Å². The molecule has 27 heavy (non-hydrogen) atoms. The predicted molar refractivity (Wildman–Crippen MR) is 109 cm³/mol. The van der Waals surface area contributed by atoms with Crippen molar-refractivity contribution in [3.05, 3.63) is 65.2 Å². The molecule has 1 N–H and O–H groups in total. The first kappa shape index (κ1) is 18.1. The molecule has 3 aromatic rings. The number of likely N-dealkylation sites (tertiary alicyclic amines) is 1. The highest BCUT2D eigenvalue weighted by Gasteiger charge is 2.28. The molecule has 5 heteroatoms. The normalized spacial score (nSPS) is 16.6. The predicted octanol–water partition coefficient (Wildman–Crippen LogP) is 4.20. The number of para-hydroxylation sites is 1. The molecule has 1 aromatic heterocycles. The fourth-order valence-corrected chi connectivity index (χ4v) is 4.75. The first-order valence-electron chi connectivity index (χ1n) is 9.56. The van der Waals surface area contributed by atoms with Gasteiger partial charge in [0.15, 0.2) is 0 Å². The lowest BCUT2D eigenvalue weighted by Gasteiger charge is -2.34. The summed E-state index contributed by atoms with van der Waals surface area (Å²) in [5, 5.41) is 11.6. The van der Waals surface area contributed by atoms with Crippen molar-refractivity contribution in [2.24, 2.45) is 5.92 Å². The van der Waals surface area contributed by atoms with Crippen LogP contribution >= 0.6 is 11.3 Å². The molecular formula is C22H24N2O2S. The molecule has 0 aliphatic carbocycles. The van der Waals surface area contributed by atoms with Gasteiger partial charge in [0.25, 0.3) is 0 Å². The van der Waals surface area contributed by atoms with E-state index in [-0.39, 0.29) is 11.8 Å². The molecule has 4 rings (SSSR count). The van der Waals surface area contributed by atoms with Crippen LogP contribution in [0, 0.1) is 5.92 Å². The van der Waals surface area contributed by atoms with Gasteiger partial charge in [-0.3, -0.25) is 4.79 Å². The number of benzene rings is 2. The van der Waals surface area contributed by atoms with E-state index in [1.54, 1.807) is 11.3 Å². The van der Waals surface area contributed by atoms with Gasteiger partial charge >= 0.3 is 0 Å². The molecule has 0 spiro atoms. The summed E-state index contributed by atoms with van der Waals surface area (Å²) in [6.07, 6.45) is 2.47. The van der Waals surface area contributed by atoms with Crippen LogP contribution in [0.2, 0.25) is 0 Å². The van der Waals surface area contributed by atoms with E-state index in [9.17, 15) is 9.90 Å². The van der Waals surface area contributed by atoms with E-state index in [1.165, 1.54) is 4.70 Å². The number of hydrogen-bond donors (Lipinski definition) is 1. The Morgan fingerprint density at radius 2 is 1.81 bits per heavy atom. The van der Waals surface area contributed by atoms with Crippen molar-refractivity contribution < 1.29 is 9.90 Å². The number of aryl methyl sites for hydroxylation is 1. The second kappa shape index (κ2) is 8.19. The molecular weight excluding hydrogens is 356 g/mol. The first-order valence-corrected chi connectivity index (χ1v) is 10.4. The minimum Gasteiger partial charge on any atom is -0.388 e. The van der Waals surface area contributed by atoms with E-state index in [1.807, 2.05) is 53.4 Å². The van der Waals surface area contributed by atoms with Crippen LogP contribution in [0.15, 0.2) is 54.6 Å². The van der Waals surface area contributed by atoms with Gasteiger partial charge in [-0.15, -0.1) is 11.3 Å². The zero-order chi connectivity index (χ0) is 18.6. The maximum absolute atomic E-state index is 12.6. The summed E-state index contributed by atoms with van der Waals surface area (Å²) in [6.45, 7) is 1.46. The van der Waals surface area contributed by atoms with Crippen LogP contribution < -0.4 is 0 Å². The zero-order valence-electron chi connectivity index (χ0n) is 15.3. The van der Waals surface area contributed by atoms with Gasteiger partial charge in [-0.1, -0.05) is 42.5 Å². The minimum atomic E-state index is -0.439. The Balaban J connectivity index is 1.28. The van der Waals surface area contributed by atoms with Crippen LogP contribution in [0.3, 0.4) is 0 Å².